The molecular weight excluding hydrogens is 356 g/mol. The molecule has 0 radical (unpaired) electrons. The molecule has 1 aromatic rings. The van der Waals surface area contributed by atoms with E-state index < -0.39 is 5.97 Å². The van der Waals surface area contributed by atoms with Crippen LogP contribution in [0.15, 0.2) is 6.20 Å². The molecule has 0 amide bonds. The van der Waals surface area contributed by atoms with Crippen molar-refractivity contribution in [2.24, 2.45) is 11.8 Å². The molecule has 1 heterocycles. The summed E-state index contributed by atoms with van der Waals surface area (Å²) in [6.45, 7) is 1.52. The predicted octanol–water partition coefficient (Wildman–Crippen LogP) is 3.73. The molecule has 4 fully saturated rings. The molecular formula is C22H28N2O4. The molecule has 4 saturated carbocycles. The van der Waals surface area contributed by atoms with Gasteiger partial charge in [0.15, 0.2) is 0 Å². The molecule has 6 rings (SSSR count). The molecule has 5 aliphatic carbocycles. The zero-order valence-corrected chi connectivity index (χ0v) is 16.4. The quantitative estimate of drug-likeness (QED) is 0.769. The molecule has 6 nitrogen and oxygen atoms in total. The van der Waals surface area contributed by atoms with Gasteiger partial charge in [0.05, 0.1) is 5.56 Å². The van der Waals surface area contributed by atoms with E-state index in [1.54, 1.807) is 0 Å². The second-order valence-electron chi connectivity index (χ2n) is 9.63. The Hall–Kier alpha value is -2.11. The number of anilines is 1. The number of hydrogen-bond acceptors (Lipinski definition) is 5. The van der Waals surface area contributed by atoms with Crippen LogP contribution in [0, 0.1) is 11.8 Å². The van der Waals surface area contributed by atoms with Crippen LogP contribution >= 0.6 is 0 Å². The number of fused-ring (bicyclic) bond motifs is 1. The fourth-order valence-corrected chi connectivity index (χ4v) is 7.04. The Balaban J connectivity index is 1.49. The van der Waals surface area contributed by atoms with Crippen LogP contribution in [0.3, 0.4) is 0 Å². The van der Waals surface area contributed by atoms with Crippen molar-refractivity contribution in [1.82, 2.24) is 4.98 Å². The molecule has 1 aromatic heterocycles. The van der Waals surface area contributed by atoms with Crippen LogP contribution in [0.2, 0.25) is 0 Å². The lowest BCUT2D eigenvalue weighted by atomic mass is 9.51. The summed E-state index contributed by atoms with van der Waals surface area (Å²) in [7, 11) is 0. The first-order valence-electron chi connectivity index (χ1n) is 10.6. The van der Waals surface area contributed by atoms with Crippen molar-refractivity contribution in [2.75, 3.05) is 5.32 Å². The number of carboxylic acids is 1. The molecule has 0 aliphatic heterocycles. The smallest absolute Gasteiger partial charge is 0.337 e. The monoisotopic (exact) mass is 384 g/mol. The summed E-state index contributed by atoms with van der Waals surface area (Å²) in [4.78, 5) is 28.0. The van der Waals surface area contributed by atoms with Crippen molar-refractivity contribution in [2.45, 2.75) is 82.3 Å². The molecule has 2 atom stereocenters. The van der Waals surface area contributed by atoms with Crippen LogP contribution in [-0.2, 0) is 22.4 Å². The Morgan fingerprint density at radius 3 is 2.46 bits per heavy atom. The van der Waals surface area contributed by atoms with Gasteiger partial charge in [0.2, 0.25) is 0 Å². The lowest BCUT2D eigenvalue weighted by Gasteiger charge is -2.61. The van der Waals surface area contributed by atoms with Gasteiger partial charge in [-0.1, -0.05) is 0 Å². The van der Waals surface area contributed by atoms with Crippen molar-refractivity contribution < 1.29 is 19.4 Å². The summed E-state index contributed by atoms with van der Waals surface area (Å²) in [5.41, 5.74) is 1.97. The normalized spacial score (nSPS) is 35.3. The van der Waals surface area contributed by atoms with Crippen molar-refractivity contribution >= 4 is 17.8 Å². The number of hydrogen-bond donors (Lipinski definition) is 2. The highest BCUT2D eigenvalue weighted by Crippen LogP contribution is 2.59. The van der Waals surface area contributed by atoms with Gasteiger partial charge < -0.3 is 15.2 Å². The van der Waals surface area contributed by atoms with Gasteiger partial charge >= 0.3 is 11.9 Å². The third kappa shape index (κ3) is 2.88. The second kappa shape index (κ2) is 6.19. The van der Waals surface area contributed by atoms with Crippen molar-refractivity contribution in [1.29, 1.82) is 0 Å². The maximum absolute atomic E-state index is 11.8. The molecule has 0 saturated heterocycles. The minimum atomic E-state index is -0.888. The maximum atomic E-state index is 11.8. The first-order valence-corrected chi connectivity index (χ1v) is 10.6. The van der Waals surface area contributed by atoms with Gasteiger partial charge in [0.25, 0.3) is 0 Å². The third-order valence-corrected chi connectivity index (χ3v) is 7.38. The van der Waals surface area contributed by atoms with E-state index in [1.165, 1.54) is 19.5 Å². The molecule has 2 unspecified atom stereocenters. The van der Waals surface area contributed by atoms with Crippen LogP contribution in [-0.4, -0.2) is 33.2 Å². The number of nitrogens with zero attached hydrogens (tertiary/aromatic N) is 1. The number of aromatic nitrogens is 1. The Bertz CT molecular complexity index is 835. The number of rotatable bonds is 4. The third-order valence-electron chi connectivity index (χ3n) is 7.38. The summed E-state index contributed by atoms with van der Waals surface area (Å²) >= 11 is 0. The highest BCUT2D eigenvalue weighted by atomic mass is 16.6. The average Bonchev–Trinajstić information content (AvgIpc) is 2.59. The molecule has 2 N–H and O–H groups in total. The SMILES string of the molecule is CC(=O)OC12CC3CC(CC(Nc4ncc(C(=O)O)c5c4CCCC5)(C3)C1)C2. The van der Waals surface area contributed by atoms with E-state index in [4.69, 9.17) is 4.74 Å². The first kappa shape index (κ1) is 18.0. The van der Waals surface area contributed by atoms with Gasteiger partial charge in [-0.25, -0.2) is 9.78 Å². The van der Waals surface area contributed by atoms with E-state index in [2.05, 4.69) is 10.3 Å². The number of nitrogens with one attached hydrogen (secondary N) is 1. The number of carbonyl (C=O) groups excluding carboxylic acids is 1. The zero-order valence-electron chi connectivity index (χ0n) is 16.4. The van der Waals surface area contributed by atoms with Crippen LogP contribution < -0.4 is 5.32 Å². The van der Waals surface area contributed by atoms with E-state index in [1.807, 2.05) is 0 Å². The minimum absolute atomic E-state index is 0.0948. The lowest BCUT2D eigenvalue weighted by molar-refractivity contribution is -0.185. The van der Waals surface area contributed by atoms with Gasteiger partial charge in [-0.2, -0.15) is 0 Å². The number of ether oxygens (including phenoxy) is 1. The van der Waals surface area contributed by atoms with Crippen LogP contribution in [0.4, 0.5) is 5.82 Å². The molecule has 5 aliphatic rings. The van der Waals surface area contributed by atoms with E-state index in [9.17, 15) is 14.7 Å². The summed E-state index contributed by atoms with van der Waals surface area (Å²) in [5, 5.41) is 13.3. The number of carbonyl (C=O) groups is 2. The molecule has 150 valence electrons. The summed E-state index contributed by atoms with van der Waals surface area (Å²) in [6.07, 6.45) is 11.5. The molecule has 28 heavy (non-hydrogen) atoms. The number of esters is 1. The first-order chi connectivity index (χ1) is 13.4. The van der Waals surface area contributed by atoms with E-state index in [0.717, 1.165) is 74.7 Å². The van der Waals surface area contributed by atoms with E-state index in [-0.39, 0.29) is 17.1 Å². The van der Waals surface area contributed by atoms with Gasteiger partial charge in [-0.3, -0.25) is 4.79 Å². The standard InChI is InChI=1S/C22H28N2O4/c1-13(25)28-22-9-14-6-15(10-22)8-21(7-14,12-22)24-19-17-5-3-2-4-16(17)18(11-23-19)20(26)27/h11,14-15H,2-10,12H2,1H3,(H,23,24)(H,26,27). The highest BCUT2D eigenvalue weighted by molar-refractivity contribution is 5.90. The zero-order chi connectivity index (χ0) is 19.5. The second-order valence-corrected chi connectivity index (χ2v) is 9.63. The fraction of sp³-hybridized carbons (Fsp3) is 0.682. The van der Waals surface area contributed by atoms with Crippen LogP contribution in [0.1, 0.15) is 79.8 Å². The summed E-state index contributed by atoms with van der Waals surface area (Å²) in [5.74, 6) is 0.961. The number of pyridine rings is 1. The Morgan fingerprint density at radius 1 is 1.14 bits per heavy atom. The number of aromatic carboxylic acids is 1. The average molecular weight is 384 g/mol. The lowest BCUT2D eigenvalue weighted by Crippen LogP contribution is -2.63. The summed E-state index contributed by atoms with van der Waals surface area (Å²) in [6, 6.07) is 0. The van der Waals surface area contributed by atoms with E-state index in [0.29, 0.717) is 17.4 Å². The highest BCUT2D eigenvalue weighted by Gasteiger charge is 2.59. The topological polar surface area (TPSA) is 88.5 Å². The van der Waals surface area contributed by atoms with Crippen molar-refractivity contribution in [3.63, 3.8) is 0 Å². The molecule has 0 aromatic carbocycles. The summed E-state index contributed by atoms with van der Waals surface area (Å²) < 4.78 is 5.90. The van der Waals surface area contributed by atoms with Crippen LogP contribution in [0.5, 0.6) is 0 Å². The largest absolute Gasteiger partial charge is 0.478 e. The molecule has 6 heteroatoms. The van der Waals surface area contributed by atoms with Gasteiger partial charge in [-0.05, 0) is 80.8 Å². The fourth-order valence-electron chi connectivity index (χ4n) is 7.04. The van der Waals surface area contributed by atoms with E-state index >= 15 is 0 Å². The molecule has 0 spiro atoms. The van der Waals surface area contributed by atoms with Gasteiger partial charge in [-0.15, -0.1) is 0 Å². The minimum Gasteiger partial charge on any atom is -0.478 e. The van der Waals surface area contributed by atoms with Crippen LogP contribution in [0.25, 0.3) is 0 Å². The Kier molecular flexibility index (Phi) is 3.97. The molecule has 4 bridgehead atoms. The Labute approximate surface area is 165 Å². The predicted molar refractivity (Wildman–Crippen MR) is 103 cm³/mol. The van der Waals surface area contributed by atoms with Gasteiger partial charge in [0.1, 0.15) is 11.4 Å². The van der Waals surface area contributed by atoms with Crippen molar-refractivity contribution in [3.8, 4) is 0 Å². The number of carboxylic acid groups (broad SMARTS) is 1. The maximum Gasteiger partial charge on any atom is 0.337 e. The Morgan fingerprint density at radius 2 is 1.82 bits per heavy atom. The van der Waals surface area contributed by atoms with Gasteiger partial charge in [0, 0.05) is 25.1 Å². The van der Waals surface area contributed by atoms with Crippen molar-refractivity contribution in [3.05, 3.63) is 22.9 Å².